The van der Waals surface area contributed by atoms with Gasteiger partial charge in [0, 0.05) is 23.0 Å². The number of carbonyl (C=O) groups excluding carboxylic acids is 1. The van der Waals surface area contributed by atoms with Crippen molar-refractivity contribution in [3.8, 4) is 5.75 Å². The summed E-state index contributed by atoms with van der Waals surface area (Å²) in [5.74, 6) is 0.369. The van der Waals surface area contributed by atoms with Crippen molar-refractivity contribution < 1.29 is 14.2 Å². The minimum Gasteiger partial charge on any atom is -0.493 e. The van der Waals surface area contributed by atoms with Gasteiger partial charge in [0.15, 0.2) is 0 Å². The Morgan fingerprint density at radius 1 is 1.45 bits per heavy atom. The van der Waals surface area contributed by atoms with Gasteiger partial charge in [-0.15, -0.1) is 0 Å². The summed E-state index contributed by atoms with van der Waals surface area (Å²) < 4.78 is 10.9. The van der Waals surface area contributed by atoms with Crippen molar-refractivity contribution in [2.45, 2.75) is 13.0 Å². The van der Waals surface area contributed by atoms with Crippen LogP contribution in [-0.2, 0) is 13.0 Å². The number of nitrogen functional groups attached to an aromatic ring is 1. The molecule has 0 atom stereocenters. The maximum Gasteiger partial charge on any atom is 0.277 e. The molecule has 0 spiro atoms. The fraction of sp³-hybridized carbons (Fsp3) is 0.250. The third-order valence-electron chi connectivity index (χ3n) is 2.99. The first kappa shape index (κ1) is 12.9. The number of rotatable bonds is 3. The molecule has 0 aliphatic carbocycles. The molecule has 3 N–H and O–H groups in total. The van der Waals surface area contributed by atoms with Crippen LogP contribution in [0.25, 0.3) is 0 Å². The zero-order chi connectivity index (χ0) is 14.1. The number of carbonyl (C=O) groups is 1. The molecule has 8 heteroatoms. The number of ether oxygens (including phenoxy) is 1. The van der Waals surface area contributed by atoms with Crippen LogP contribution in [0.4, 0.5) is 5.82 Å². The molecule has 0 saturated heterocycles. The number of benzene rings is 1. The number of anilines is 1. The normalized spacial score (nSPS) is 12.8. The standard InChI is InChI=1S/C12H11BrN4O3/c13-8-3-6-1-2-19-10(6)7(4-8)5-15-12(18)9-11(14)17-20-16-9/h3-4H,1-2,5H2,(H2,14,17)(H,15,18). The largest absolute Gasteiger partial charge is 0.493 e. The Hall–Kier alpha value is -2.09. The van der Waals surface area contributed by atoms with Crippen LogP contribution in [-0.4, -0.2) is 22.8 Å². The smallest absolute Gasteiger partial charge is 0.277 e. The van der Waals surface area contributed by atoms with Crippen LogP contribution in [0, 0.1) is 0 Å². The molecule has 0 unspecified atom stereocenters. The molecule has 1 aromatic carbocycles. The average molecular weight is 339 g/mol. The fourth-order valence-electron chi connectivity index (χ4n) is 2.09. The lowest BCUT2D eigenvalue weighted by Gasteiger charge is -2.09. The minimum atomic E-state index is -0.435. The third-order valence-corrected chi connectivity index (χ3v) is 3.45. The van der Waals surface area contributed by atoms with Crippen molar-refractivity contribution in [1.82, 2.24) is 15.6 Å². The van der Waals surface area contributed by atoms with E-state index in [1.807, 2.05) is 12.1 Å². The lowest BCUT2D eigenvalue weighted by molar-refractivity contribution is 0.0941. The lowest BCUT2D eigenvalue weighted by Crippen LogP contribution is -2.24. The zero-order valence-electron chi connectivity index (χ0n) is 10.4. The molecule has 20 heavy (non-hydrogen) atoms. The molecule has 0 saturated carbocycles. The summed E-state index contributed by atoms with van der Waals surface area (Å²) in [6.45, 7) is 0.972. The summed E-state index contributed by atoms with van der Waals surface area (Å²) >= 11 is 3.45. The molecule has 0 fully saturated rings. The predicted molar refractivity (Wildman–Crippen MR) is 73.2 cm³/mol. The highest BCUT2D eigenvalue weighted by molar-refractivity contribution is 9.10. The van der Waals surface area contributed by atoms with Crippen LogP contribution in [0.3, 0.4) is 0 Å². The number of aromatic nitrogens is 2. The molecule has 0 bridgehead atoms. The summed E-state index contributed by atoms with van der Waals surface area (Å²) in [5, 5.41) is 9.53. The monoisotopic (exact) mass is 338 g/mol. The Balaban J connectivity index is 1.76. The van der Waals surface area contributed by atoms with Gasteiger partial charge in [0.25, 0.3) is 5.91 Å². The first-order valence-corrected chi connectivity index (χ1v) is 6.75. The van der Waals surface area contributed by atoms with Crippen molar-refractivity contribution in [3.05, 3.63) is 33.4 Å². The topological polar surface area (TPSA) is 103 Å². The van der Waals surface area contributed by atoms with E-state index in [2.05, 4.69) is 36.2 Å². The molecule has 2 heterocycles. The number of halogens is 1. The van der Waals surface area contributed by atoms with Gasteiger partial charge >= 0.3 is 0 Å². The van der Waals surface area contributed by atoms with Gasteiger partial charge in [-0.1, -0.05) is 15.9 Å². The second kappa shape index (κ2) is 5.12. The summed E-state index contributed by atoms with van der Waals surface area (Å²) in [5.41, 5.74) is 7.48. The van der Waals surface area contributed by atoms with Crippen molar-refractivity contribution in [2.24, 2.45) is 0 Å². The van der Waals surface area contributed by atoms with Crippen molar-refractivity contribution in [2.75, 3.05) is 12.3 Å². The van der Waals surface area contributed by atoms with Crippen LogP contribution in [0.2, 0.25) is 0 Å². The highest BCUT2D eigenvalue weighted by atomic mass is 79.9. The van der Waals surface area contributed by atoms with E-state index in [0.717, 1.165) is 27.8 Å². The summed E-state index contributed by atoms with van der Waals surface area (Å²) in [6.07, 6.45) is 0.871. The van der Waals surface area contributed by atoms with E-state index in [9.17, 15) is 4.79 Å². The van der Waals surface area contributed by atoms with E-state index in [1.165, 1.54) is 0 Å². The number of nitrogens with zero attached hydrogens (tertiary/aromatic N) is 2. The molecular formula is C12H11BrN4O3. The van der Waals surface area contributed by atoms with Crippen molar-refractivity contribution >= 4 is 27.7 Å². The van der Waals surface area contributed by atoms with E-state index in [4.69, 9.17) is 10.5 Å². The summed E-state index contributed by atoms with van der Waals surface area (Å²) in [6, 6.07) is 3.93. The first-order valence-electron chi connectivity index (χ1n) is 5.95. The van der Waals surface area contributed by atoms with Crippen LogP contribution < -0.4 is 15.8 Å². The third kappa shape index (κ3) is 2.34. The number of hydrogen-bond donors (Lipinski definition) is 2. The number of amides is 1. The number of nitrogens with two attached hydrogens (primary N) is 1. The highest BCUT2D eigenvalue weighted by Gasteiger charge is 2.20. The maximum atomic E-state index is 11.9. The molecule has 7 nitrogen and oxygen atoms in total. The van der Waals surface area contributed by atoms with Gasteiger partial charge in [0.1, 0.15) is 5.75 Å². The van der Waals surface area contributed by atoms with Crippen LogP contribution in [0.15, 0.2) is 21.2 Å². The molecule has 104 valence electrons. The number of fused-ring (bicyclic) bond motifs is 1. The van der Waals surface area contributed by atoms with E-state index >= 15 is 0 Å². The van der Waals surface area contributed by atoms with Crippen LogP contribution in [0.5, 0.6) is 5.75 Å². The molecule has 3 rings (SSSR count). The van der Waals surface area contributed by atoms with Gasteiger partial charge in [-0.3, -0.25) is 4.79 Å². The molecule has 1 aromatic heterocycles. The van der Waals surface area contributed by atoms with Crippen molar-refractivity contribution in [1.29, 1.82) is 0 Å². The Morgan fingerprint density at radius 3 is 3.05 bits per heavy atom. The SMILES string of the molecule is Nc1nonc1C(=O)NCc1cc(Br)cc2c1OCC2. The Kier molecular flexibility index (Phi) is 3.31. The van der Waals surface area contributed by atoms with E-state index in [-0.39, 0.29) is 11.5 Å². The van der Waals surface area contributed by atoms with E-state index in [0.29, 0.717) is 13.2 Å². The number of nitrogens with one attached hydrogen (secondary N) is 1. The summed E-state index contributed by atoms with van der Waals surface area (Å²) in [4.78, 5) is 11.9. The first-order chi connectivity index (χ1) is 9.65. The average Bonchev–Trinajstić information content (AvgIpc) is 3.03. The Morgan fingerprint density at radius 2 is 2.30 bits per heavy atom. The molecular weight excluding hydrogens is 328 g/mol. The molecule has 1 amide bonds. The second-order valence-electron chi connectivity index (χ2n) is 4.33. The van der Waals surface area contributed by atoms with Crippen molar-refractivity contribution in [3.63, 3.8) is 0 Å². The predicted octanol–water partition coefficient (Wildman–Crippen LogP) is 1.28. The second-order valence-corrected chi connectivity index (χ2v) is 5.25. The quantitative estimate of drug-likeness (QED) is 0.873. The van der Waals surface area contributed by atoms with Crippen LogP contribution in [0.1, 0.15) is 21.6 Å². The van der Waals surface area contributed by atoms with Crippen LogP contribution >= 0.6 is 15.9 Å². The highest BCUT2D eigenvalue weighted by Crippen LogP contribution is 2.32. The Bertz CT molecular complexity index is 671. The molecule has 1 aliphatic heterocycles. The van der Waals surface area contributed by atoms with Gasteiger partial charge in [0.05, 0.1) is 6.61 Å². The summed E-state index contributed by atoms with van der Waals surface area (Å²) in [7, 11) is 0. The van der Waals surface area contributed by atoms with Gasteiger partial charge in [-0.05, 0) is 28.0 Å². The van der Waals surface area contributed by atoms with Gasteiger partial charge in [-0.2, -0.15) is 0 Å². The van der Waals surface area contributed by atoms with Gasteiger partial charge in [-0.25, -0.2) is 4.63 Å². The van der Waals surface area contributed by atoms with E-state index < -0.39 is 5.91 Å². The van der Waals surface area contributed by atoms with E-state index in [1.54, 1.807) is 0 Å². The molecule has 0 radical (unpaired) electrons. The maximum absolute atomic E-state index is 11.9. The fourth-order valence-corrected chi connectivity index (χ4v) is 2.64. The van der Waals surface area contributed by atoms with Gasteiger partial charge < -0.3 is 15.8 Å². The van der Waals surface area contributed by atoms with Gasteiger partial charge in [0.2, 0.25) is 11.5 Å². The Labute approximate surface area is 122 Å². The minimum absolute atomic E-state index is 0.0161. The molecule has 1 aliphatic rings. The lowest BCUT2D eigenvalue weighted by atomic mass is 10.1. The zero-order valence-corrected chi connectivity index (χ0v) is 11.9. The molecule has 2 aromatic rings. The number of hydrogen-bond acceptors (Lipinski definition) is 6.